The first kappa shape index (κ1) is 19.1. The molecule has 1 unspecified atom stereocenters. The van der Waals surface area contributed by atoms with Crippen molar-refractivity contribution in [2.75, 3.05) is 59.2 Å². The van der Waals surface area contributed by atoms with E-state index in [1.807, 2.05) is 0 Å². The van der Waals surface area contributed by atoms with Crippen LogP contribution in [0.3, 0.4) is 0 Å². The zero-order chi connectivity index (χ0) is 14.9. The third kappa shape index (κ3) is 15.1. The SMILES string of the molecule is O=COCOC(=O)OCCOCCOCCOCCP. The molecule has 1 atom stereocenters. The monoisotopic (exact) mass is 312 g/mol. The minimum absolute atomic E-state index is 0.0528. The molecule has 9 heteroatoms. The number of hydrogen-bond donors (Lipinski definition) is 0. The first-order valence-corrected chi connectivity index (χ1v) is 6.91. The normalized spacial score (nSPS) is 10.1. The summed E-state index contributed by atoms with van der Waals surface area (Å²) in [6, 6.07) is 0. The zero-order valence-electron chi connectivity index (χ0n) is 11.3. The highest BCUT2D eigenvalue weighted by Crippen LogP contribution is 1.87. The van der Waals surface area contributed by atoms with Gasteiger partial charge in [0.25, 0.3) is 6.47 Å². The van der Waals surface area contributed by atoms with E-state index >= 15 is 0 Å². The quantitative estimate of drug-likeness (QED) is 0.148. The van der Waals surface area contributed by atoms with Crippen LogP contribution in [0.1, 0.15) is 0 Å². The van der Waals surface area contributed by atoms with E-state index in [9.17, 15) is 9.59 Å². The van der Waals surface area contributed by atoms with Crippen molar-refractivity contribution >= 4 is 21.9 Å². The van der Waals surface area contributed by atoms with Gasteiger partial charge in [-0.1, -0.05) is 0 Å². The highest BCUT2D eigenvalue weighted by molar-refractivity contribution is 7.16. The Hall–Kier alpha value is -0.950. The molecule has 0 bridgehead atoms. The fourth-order valence-corrected chi connectivity index (χ4v) is 1.13. The molecule has 0 aliphatic rings. The molecule has 0 aromatic carbocycles. The van der Waals surface area contributed by atoms with Gasteiger partial charge < -0.3 is 28.4 Å². The predicted molar refractivity (Wildman–Crippen MR) is 71.5 cm³/mol. The Morgan fingerprint density at radius 1 is 0.850 bits per heavy atom. The molecule has 20 heavy (non-hydrogen) atoms. The largest absolute Gasteiger partial charge is 0.511 e. The summed E-state index contributed by atoms with van der Waals surface area (Å²) in [5.41, 5.74) is 0. The summed E-state index contributed by atoms with van der Waals surface area (Å²) in [5, 5.41) is 0. The first-order valence-electron chi connectivity index (χ1n) is 6.09. The van der Waals surface area contributed by atoms with Gasteiger partial charge in [-0.25, -0.2) is 4.79 Å². The van der Waals surface area contributed by atoms with Gasteiger partial charge in [-0.3, -0.25) is 4.79 Å². The van der Waals surface area contributed by atoms with E-state index in [0.29, 0.717) is 33.0 Å². The molecule has 0 rings (SSSR count). The molecule has 0 spiro atoms. The van der Waals surface area contributed by atoms with Crippen molar-refractivity contribution in [3.8, 4) is 0 Å². The van der Waals surface area contributed by atoms with Crippen LogP contribution in [-0.4, -0.2) is 71.8 Å². The van der Waals surface area contributed by atoms with Gasteiger partial charge in [-0.2, -0.15) is 0 Å². The van der Waals surface area contributed by atoms with Gasteiger partial charge >= 0.3 is 6.16 Å². The number of ether oxygens (including phenoxy) is 6. The van der Waals surface area contributed by atoms with Crippen LogP contribution >= 0.6 is 9.24 Å². The van der Waals surface area contributed by atoms with Crippen molar-refractivity contribution in [1.29, 1.82) is 0 Å². The average molecular weight is 312 g/mol. The minimum Gasteiger partial charge on any atom is -0.432 e. The van der Waals surface area contributed by atoms with E-state index < -0.39 is 12.9 Å². The summed E-state index contributed by atoms with van der Waals surface area (Å²) < 4.78 is 28.7. The summed E-state index contributed by atoms with van der Waals surface area (Å²) in [7, 11) is 2.58. The van der Waals surface area contributed by atoms with Crippen LogP contribution in [0.4, 0.5) is 4.79 Å². The molecule has 0 N–H and O–H groups in total. The van der Waals surface area contributed by atoms with Crippen molar-refractivity contribution in [2.45, 2.75) is 0 Å². The molecular weight excluding hydrogens is 291 g/mol. The van der Waals surface area contributed by atoms with Crippen LogP contribution in [0, 0.1) is 0 Å². The molecular formula is C11H21O8P. The Labute approximate surface area is 120 Å². The molecule has 0 saturated carbocycles. The lowest BCUT2D eigenvalue weighted by molar-refractivity contribution is -0.138. The summed E-state index contributed by atoms with van der Waals surface area (Å²) in [5.74, 6) is 0. The Morgan fingerprint density at radius 2 is 1.40 bits per heavy atom. The van der Waals surface area contributed by atoms with Gasteiger partial charge in [0.05, 0.1) is 39.6 Å². The summed E-state index contributed by atoms with van der Waals surface area (Å²) >= 11 is 0. The van der Waals surface area contributed by atoms with Crippen LogP contribution < -0.4 is 0 Å². The van der Waals surface area contributed by atoms with Crippen molar-refractivity contribution in [3.63, 3.8) is 0 Å². The van der Waals surface area contributed by atoms with Crippen LogP contribution in [0.5, 0.6) is 0 Å². The summed E-state index contributed by atoms with van der Waals surface area (Å²) in [6.07, 6.45) is -0.00904. The van der Waals surface area contributed by atoms with Crippen LogP contribution in [0.25, 0.3) is 0 Å². The van der Waals surface area contributed by atoms with Gasteiger partial charge in [0, 0.05) is 0 Å². The average Bonchev–Trinajstić information content (AvgIpc) is 2.45. The number of rotatable bonds is 14. The lowest BCUT2D eigenvalue weighted by Crippen LogP contribution is -2.15. The predicted octanol–water partition coefficient (Wildman–Crippen LogP) is 0.195. The molecule has 0 aliphatic heterocycles. The van der Waals surface area contributed by atoms with E-state index in [1.54, 1.807) is 0 Å². The smallest absolute Gasteiger partial charge is 0.432 e. The topological polar surface area (TPSA) is 89.5 Å². The van der Waals surface area contributed by atoms with Crippen molar-refractivity contribution < 1.29 is 38.0 Å². The second-order valence-corrected chi connectivity index (χ2v) is 3.83. The highest BCUT2D eigenvalue weighted by atomic mass is 31.0. The lowest BCUT2D eigenvalue weighted by atomic mass is 10.7. The molecule has 0 fully saturated rings. The summed E-state index contributed by atoms with van der Waals surface area (Å²) in [4.78, 5) is 20.6. The standard InChI is InChI=1S/C11H21O8P/c12-9-17-10-19-11(13)18-6-5-15-2-1-14-3-4-16-7-8-20/h9H,1-8,10,20H2. The summed E-state index contributed by atoms with van der Waals surface area (Å²) in [6.45, 7) is 2.63. The molecule has 118 valence electrons. The van der Waals surface area contributed by atoms with E-state index in [4.69, 9.17) is 14.2 Å². The van der Waals surface area contributed by atoms with E-state index in [-0.39, 0.29) is 19.7 Å². The van der Waals surface area contributed by atoms with Crippen molar-refractivity contribution in [3.05, 3.63) is 0 Å². The number of hydrogen-bond acceptors (Lipinski definition) is 8. The van der Waals surface area contributed by atoms with Crippen LogP contribution in [0.15, 0.2) is 0 Å². The molecule has 0 aromatic rings. The van der Waals surface area contributed by atoms with E-state index in [1.165, 1.54) is 0 Å². The van der Waals surface area contributed by atoms with Gasteiger partial charge in [-0.05, 0) is 6.16 Å². The molecule has 0 amide bonds. The fraction of sp³-hybridized carbons (Fsp3) is 0.818. The lowest BCUT2D eigenvalue weighted by Gasteiger charge is -2.07. The van der Waals surface area contributed by atoms with Gasteiger partial charge in [-0.15, -0.1) is 9.24 Å². The second-order valence-electron chi connectivity index (χ2n) is 3.25. The third-order valence-electron chi connectivity index (χ3n) is 1.77. The van der Waals surface area contributed by atoms with E-state index in [2.05, 4.69) is 23.5 Å². The minimum atomic E-state index is -0.919. The van der Waals surface area contributed by atoms with E-state index in [0.717, 1.165) is 6.16 Å². The number of carbonyl (C=O) groups is 2. The molecule has 8 nitrogen and oxygen atoms in total. The van der Waals surface area contributed by atoms with Gasteiger partial charge in [0.2, 0.25) is 6.79 Å². The Balaban J connectivity index is 3.08. The first-order chi connectivity index (χ1) is 9.81. The Morgan fingerprint density at radius 3 is 1.95 bits per heavy atom. The van der Waals surface area contributed by atoms with Crippen LogP contribution in [0.2, 0.25) is 0 Å². The Kier molecular flexibility index (Phi) is 15.3. The molecule has 0 aliphatic carbocycles. The zero-order valence-corrected chi connectivity index (χ0v) is 12.4. The van der Waals surface area contributed by atoms with Crippen molar-refractivity contribution in [1.82, 2.24) is 0 Å². The third-order valence-corrected chi connectivity index (χ3v) is 2.00. The Bertz CT molecular complexity index is 238. The maximum absolute atomic E-state index is 10.8. The highest BCUT2D eigenvalue weighted by Gasteiger charge is 2.02. The maximum atomic E-state index is 10.8. The van der Waals surface area contributed by atoms with Crippen molar-refractivity contribution in [2.24, 2.45) is 0 Å². The van der Waals surface area contributed by atoms with Crippen LogP contribution in [-0.2, 0) is 33.2 Å². The molecule has 0 radical (unpaired) electrons. The maximum Gasteiger partial charge on any atom is 0.511 e. The molecule has 0 saturated heterocycles. The molecule has 0 aromatic heterocycles. The fourth-order valence-electron chi connectivity index (χ4n) is 0.961. The molecule has 0 heterocycles. The van der Waals surface area contributed by atoms with Gasteiger partial charge in [0.15, 0.2) is 0 Å². The van der Waals surface area contributed by atoms with Gasteiger partial charge in [0.1, 0.15) is 6.61 Å². The second kappa shape index (κ2) is 16.1. The number of carbonyl (C=O) groups excluding carboxylic acids is 2.